The highest BCUT2D eigenvalue weighted by Gasteiger charge is 1.94. The van der Waals surface area contributed by atoms with Crippen LogP contribution in [0.25, 0.3) is 11.4 Å². The molecule has 0 aliphatic rings. The standard InChI is InChI=1S/C9H8N2.C3H3N3/c1-2-4-8(5-3-1)9-10-6-7-11-9;1-2-4-6-5-3-1/h1-7H,(H,10,11);1-3H. The van der Waals surface area contributed by atoms with Crippen molar-refractivity contribution in [3.63, 3.8) is 0 Å². The van der Waals surface area contributed by atoms with Crippen molar-refractivity contribution in [2.24, 2.45) is 0 Å². The molecule has 0 aliphatic carbocycles. The summed E-state index contributed by atoms with van der Waals surface area (Å²) in [5.74, 6) is 0.922. The fourth-order valence-electron chi connectivity index (χ4n) is 1.22. The molecule has 17 heavy (non-hydrogen) atoms. The molecule has 0 spiro atoms. The minimum atomic E-state index is 0.922. The van der Waals surface area contributed by atoms with Gasteiger partial charge in [-0.2, -0.15) is 0 Å². The van der Waals surface area contributed by atoms with Gasteiger partial charge in [0.2, 0.25) is 0 Å². The molecule has 0 saturated heterocycles. The van der Waals surface area contributed by atoms with E-state index in [9.17, 15) is 0 Å². The molecule has 84 valence electrons. The molecule has 5 nitrogen and oxygen atoms in total. The zero-order valence-corrected chi connectivity index (χ0v) is 9.06. The van der Waals surface area contributed by atoms with Gasteiger partial charge in [-0.25, -0.2) is 4.98 Å². The Kier molecular flexibility index (Phi) is 3.94. The van der Waals surface area contributed by atoms with Gasteiger partial charge in [-0.1, -0.05) is 30.3 Å². The van der Waals surface area contributed by atoms with Crippen LogP contribution in [0.15, 0.2) is 61.2 Å². The summed E-state index contributed by atoms with van der Waals surface area (Å²) in [6.45, 7) is 0. The van der Waals surface area contributed by atoms with Crippen LogP contribution in [0.4, 0.5) is 0 Å². The van der Waals surface area contributed by atoms with Crippen molar-refractivity contribution in [1.29, 1.82) is 0 Å². The zero-order valence-electron chi connectivity index (χ0n) is 9.06. The van der Waals surface area contributed by atoms with Crippen LogP contribution in [0.3, 0.4) is 0 Å². The Balaban J connectivity index is 0.000000153. The fourth-order valence-corrected chi connectivity index (χ4v) is 1.22. The lowest BCUT2D eigenvalue weighted by Crippen LogP contribution is -1.78. The number of nitrogens with zero attached hydrogens (tertiary/aromatic N) is 4. The molecule has 0 radical (unpaired) electrons. The van der Waals surface area contributed by atoms with E-state index in [1.165, 1.54) is 0 Å². The van der Waals surface area contributed by atoms with Crippen molar-refractivity contribution >= 4 is 0 Å². The summed E-state index contributed by atoms with van der Waals surface area (Å²) >= 11 is 0. The Bertz CT molecular complexity index is 480. The van der Waals surface area contributed by atoms with Crippen molar-refractivity contribution in [2.75, 3.05) is 0 Å². The van der Waals surface area contributed by atoms with Crippen LogP contribution in [0.5, 0.6) is 0 Å². The van der Waals surface area contributed by atoms with Crippen LogP contribution in [0.2, 0.25) is 0 Å². The predicted molar refractivity (Wildman–Crippen MR) is 63.9 cm³/mol. The quantitative estimate of drug-likeness (QED) is 0.687. The SMILES string of the molecule is c1ccc(-c2ncc[nH]2)cc1.c1cnnnc1. The van der Waals surface area contributed by atoms with Gasteiger partial charge in [-0.15, -0.1) is 10.2 Å². The second kappa shape index (κ2) is 6.12. The highest BCUT2D eigenvalue weighted by atomic mass is 15.3. The second-order valence-electron chi connectivity index (χ2n) is 3.11. The molecular weight excluding hydrogens is 214 g/mol. The van der Waals surface area contributed by atoms with Gasteiger partial charge in [-0.3, -0.25) is 0 Å². The first kappa shape index (κ1) is 10.9. The monoisotopic (exact) mass is 225 g/mol. The molecule has 5 heteroatoms. The third-order valence-electron chi connectivity index (χ3n) is 1.95. The number of imidazole rings is 1. The Morgan fingerprint density at radius 2 is 1.59 bits per heavy atom. The smallest absolute Gasteiger partial charge is 0.137 e. The molecule has 0 atom stereocenters. The molecule has 0 aliphatic heterocycles. The van der Waals surface area contributed by atoms with E-state index < -0.39 is 0 Å². The van der Waals surface area contributed by atoms with Crippen LogP contribution in [-0.4, -0.2) is 25.4 Å². The summed E-state index contributed by atoms with van der Waals surface area (Å²) in [6, 6.07) is 11.8. The van der Waals surface area contributed by atoms with E-state index in [1.54, 1.807) is 24.7 Å². The molecule has 0 unspecified atom stereocenters. The van der Waals surface area contributed by atoms with Gasteiger partial charge in [0, 0.05) is 18.0 Å². The third-order valence-corrected chi connectivity index (χ3v) is 1.95. The molecule has 1 aromatic carbocycles. The van der Waals surface area contributed by atoms with Gasteiger partial charge in [0.15, 0.2) is 0 Å². The van der Waals surface area contributed by atoms with E-state index in [0.29, 0.717) is 0 Å². The lowest BCUT2D eigenvalue weighted by molar-refractivity contribution is 0.865. The number of hydrogen-bond donors (Lipinski definition) is 1. The van der Waals surface area contributed by atoms with Crippen molar-refractivity contribution in [3.05, 3.63) is 61.2 Å². The number of H-pyrrole nitrogens is 1. The fraction of sp³-hybridized carbons (Fsp3) is 0. The Hall–Kier alpha value is -2.56. The summed E-state index contributed by atoms with van der Waals surface area (Å²) in [4.78, 5) is 7.17. The molecule has 0 saturated carbocycles. The van der Waals surface area contributed by atoms with Crippen LogP contribution in [0, 0.1) is 0 Å². The van der Waals surface area contributed by atoms with Gasteiger partial charge >= 0.3 is 0 Å². The largest absolute Gasteiger partial charge is 0.345 e. The molecule has 0 bridgehead atoms. The van der Waals surface area contributed by atoms with Crippen LogP contribution >= 0.6 is 0 Å². The Morgan fingerprint density at radius 3 is 2.06 bits per heavy atom. The third kappa shape index (κ3) is 3.49. The number of hydrogen-bond acceptors (Lipinski definition) is 4. The maximum absolute atomic E-state index is 4.13. The minimum Gasteiger partial charge on any atom is -0.345 e. The average molecular weight is 225 g/mol. The molecule has 0 fully saturated rings. The van der Waals surface area contributed by atoms with Crippen LogP contribution in [0.1, 0.15) is 0 Å². The van der Waals surface area contributed by atoms with Crippen molar-refractivity contribution in [1.82, 2.24) is 25.4 Å². The molecule has 2 aromatic heterocycles. The lowest BCUT2D eigenvalue weighted by atomic mass is 10.2. The first-order valence-corrected chi connectivity index (χ1v) is 5.10. The highest BCUT2D eigenvalue weighted by molar-refractivity contribution is 5.53. The number of nitrogens with one attached hydrogen (secondary N) is 1. The molecule has 0 amide bonds. The predicted octanol–water partition coefficient (Wildman–Crippen LogP) is 1.95. The summed E-state index contributed by atoms with van der Waals surface area (Å²) in [5, 5.41) is 10.1. The topological polar surface area (TPSA) is 67.3 Å². The van der Waals surface area contributed by atoms with E-state index in [-0.39, 0.29) is 0 Å². The number of benzene rings is 1. The van der Waals surface area contributed by atoms with E-state index in [1.807, 2.05) is 36.5 Å². The Morgan fingerprint density at radius 1 is 0.824 bits per heavy atom. The van der Waals surface area contributed by atoms with Gasteiger partial charge in [0.25, 0.3) is 0 Å². The molecule has 1 N–H and O–H groups in total. The van der Waals surface area contributed by atoms with Gasteiger partial charge in [0.1, 0.15) is 5.82 Å². The van der Waals surface area contributed by atoms with E-state index in [4.69, 9.17) is 0 Å². The van der Waals surface area contributed by atoms with Gasteiger partial charge in [0.05, 0.1) is 12.4 Å². The van der Waals surface area contributed by atoms with E-state index in [0.717, 1.165) is 11.4 Å². The second-order valence-corrected chi connectivity index (χ2v) is 3.11. The maximum atomic E-state index is 4.13. The molecule has 3 aromatic rings. The normalized spacial score (nSPS) is 9.18. The van der Waals surface area contributed by atoms with E-state index >= 15 is 0 Å². The summed E-state index contributed by atoms with van der Waals surface area (Å²) < 4.78 is 0. The maximum Gasteiger partial charge on any atom is 0.137 e. The molecule has 3 rings (SSSR count). The summed E-state index contributed by atoms with van der Waals surface area (Å²) in [5.41, 5.74) is 1.12. The molecule has 2 heterocycles. The van der Waals surface area contributed by atoms with Crippen molar-refractivity contribution < 1.29 is 0 Å². The zero-order chi connectivity index (χ0) is 11.8. The number of aromatic nitrogens is 5. The van der Waals surface area contributed by atoms with Crippen LogP contribution in [-0.2, 0) is 0 Å². The lowest BCUT2D eigenvalue weighted by Gasteiger charge is -1.92. The van der Waals surface area contributed by atoms with Gasteiger partial charge < -0.3 is 4.98 Å². The number of rotatable bonds is 1. The minimum absolute atomic E-state index is 0.922. The van der Waals surface area contributed by atoms with Gasteiger partial charge in [-0.05, 0) is 11.3 Å². The highest BCUT2D eigenvalue weighted by Crippen LogP contribution is 2.11. The van der Waals surface area contributed by atoms with Crippen LogP contribution < -0.4 is 0 Å². The summed E-state index contributed by atoms with van der Waals surface area (Å²) in [6.07, 6.45) is 6.73. The first-order valence-electron chi connectivity index (χ1n) is 5.10. The average Bonchev–Trinajstić information content (AvgIpc) is 2.96. The van der Waals surface area contributed by atoms with Crippen molar-refractivity contribution in [2.45, 2.75) is 0 Å². The first-order chi connectivity index (χ1) is 8.47. The molecular formula is C12H11N5. The van der Waals surface area contributed by atoms with E-state index in [2.05, 4.69) is 25.4 Å². The summed E-state index contributed by atoms with van der Waals surface area (Å²) in [7, 11) is 0. The van der Waals surface area contributed by atoms with Crippen molar-refractivity contribution in [3.8, 4) is 11.4 Å². The number of aromatic amines is 1. The Labute approximate surface area is 98.6 Å².